The van der Waals surface area contributed by atoms with Gasteiger partial charge in [0.25, 0.3) is 0 Å². The van der Waals surface area contributed by atoms with Gasteiger partial charge in [-0.25, -0.2) is 0 Å². The highest BCUT2D eigenvalue weighted by Gasteiger charge is 2.57. The van der Waals surface area contributed by atoms with Gasteiger partial charge < -0.3 is 0 Å². The van der Waals surface area contributed by atoms with Crippen LogP contribution in [-0.4, -0.2) is 0 Å². The summed E-state index contributed by atoms with van der Waals surface area (Å²) in [6, 6.07) is 0. The SMILES string of the molecule is C#CC1CCC2C3CCCC4=CC(=C)CCC4(C)C3CCC12C. The summed E-state index contributed by atoms with van der Waals surface area (Å²) in [5, 5.41) is 0. The predicted octanol–water partition coefficient (Wildman–Crippen LogP) is 6.14. The summed E-state index contributed by atoms with van der Waals surface area (Å²) in [5.41, 5.74) is 3.97. The summed E-state index contributed by atoms with van der Waals surface area (Å²) in [5.74, 6) is 6.37. The lowest BCUT2D eigenvalue weighted by molar-refractivity contribution is -0.0210. The summed E-state index contributed by atoms with van der Waals surface area (Å²) in [4.78, 5) is 0. The van der Waals surface area contributed by atoms with Gasteiger partial charge in [0, 0.05) is 5.92 Å². The van der Waals surface area contributed by atoms with Crippen LogP contribution in [0, 0.1) is 46.8 Å². The third kappa shape index (κ3) is 2.12. The van der Waals surface area contributed by atoms with E-state index in [0.29, 0.717) is 16.7 Å². The molecule has 3 saturated carbocycles. The van der Waals surface area contributed by atoms with Gasteiger partial charge in [0.1, 0.15) is 0 Å². The molecule has 0 aromatic carbocycles. The van der Waals surface area contributed by atoms with E-state index in [0.717, 1.165) is 17.8 Å². The minimum atomic E-state index is 0.429. The number of allylic oxidation sites excluding steroid dienone is 3. The molecule has 0 radical (unpaired) electrons. The van der Waals surface area contributed by atoms with Crippen LogP contribution in [0.1, 0.15) is 71.6 Å². The molecule has 0 saturated heterocycles. The summed E-state index contributed by atoms with van der Waals surface area (Å²) >= 11 is 0. The molecule has 4 aliphatic carbocycles. The first-order valence-corrected chi connectivity index (χ1v) is 9.84. The second-order valence-corrected chi connectivity index (χ2v) is 9.36. The Bertz CT molecular complexity index is 588. The fourth-order valence-corrected chi connectivity index (χ4v) is 7.13. The first-order chi connectivity index (χ1) is 11.0. The lowest BCUT2D eigenvalue weighted by Gasteiger charge is -2.54. The van der Waals surface area contributed by atoms with Crippen LogP contribution >= 0.6 is 0 Å². The van der Waals surface area contributed by atoms with Gasteiger partial charge >= 0.3 is 0 Å². The van der Waals surface area contributed by atoms with Gasteiger partial charge in [0.05, 0.1) is 0 Å². The predicted molar refractivity (Wildman–Crippen MR) is 97.8 cm³/mol. The standard InChI is InChI=1S/C23H32/c1-5-17-9-10-20-19-8-6-7-18-15-16(2)11-13-23(18,4)21(19)12-14-22(17,20)3/h1,15,17,19-21H,2,6-14H2,3-4H3. The highest BCUT2D eigenvalue weighted by Crippen LogP contribution is 2.65. The van der Waals surface area contributed by atoms with E-state index in [1.165, 1.54) is 63.4 Å². The summed E-state index contributed by atoms with van der Waals surface area (Å²) in [6.45, 7) is 9.37. The van der Waals surface area contributed by atoms with E-state index in [1.54, 1.807) is 5.57 Å². The Labute approximate surface area is 142 Å². The van der Waals surface area contributed by atoms with Crippen molar-refractivity contribution in [1.29, 1.82) is 0 Å². The van der Waals surface area contributed by atoms with Gasteiger partial charge in [-0.3, -0.25) is 0 Å². The molecule has 0 heteroatoms. The zero-order chi connectivity index (χ0) is 16.2. The Morgan fingerprint density at radius 2 is 1.91 bits per heavy atom. The Hall–Kier alpha value is -0.960. The molecular formula is C23H32. The second kappa shape index (κ2) is 5.27. The van der Waals surface area contributed by atoms with Crippen LogP contribution in [-0.2, 0) is 0 Å². The number of hydrogen-bond donors (Lipinski definition) is 0. The van der Waals surface area contributed by atoms with Crippen molar-refractivity contribution in [2.45, 2.75) is 71.6 Å². The van der Waals surface area contributed by atoms with E-state index in [1.807, 2.05) is 0 Å². The Morgan fingerprint density at radius 3 is 2.70 bits per heavy atom. The molecule has 0 nitrogen and oxygen atoms in total. The normalized spacial score (nSPS) is 49.3. The molecule has 0 heterocycles. The molecule has 6 unspecified atom stereocenters. The molecule has 23 heavy (non-hydrogen) atoms. The number of hydrogen-bond acceptors (Lipinski definition) is 0. The fraction of sp³-hybridized carbons (Fsp3) is 0.739. The molecule has 6 atom stereocenters. The monoisotopic (exact) mass is 308 g/mol. The maximum atomic E-state index is 5.90. The number of fused-ring (bicyclic) bond motifs is 5. The van der Waals surface area contributed by atoms with Crippen molar-refractivity contribution in [3.05, 3.63) is 23.8 Å². The number of rotatable bonds is 0. The van der Waals surface area contributed by atoms with E-state index in [2.05, 4.69) is 32.4 Å². The maximum absolute atomic E-state index is 5.90. The molecule has 0 N–H and O–H groups in total. The van der Waals surface area contributed by atoms with E-state index in [9.17, 15) is 0 Å². The van der Waals surface area contributed by atoms with Crippen molar-refractivity contribution in [2.75, 3.05) is 0 Å². The summed E-state index contributed by atoms with van der Waals surface area (Å²) in [6.07, 6.45) is 20.5. The highest BCUT2D eigenvalue weighted by atomic mass is 14.6. The Balaban J connectivity index is 1.71. The van der Waals surface area contributed by atoms with Crippen molar-refractivity contribution in [3.8, 4) is 12.3 Å². The van der Waals surface area contributed by atoms with Crippen LogP contribution in [0.2, 0.25) is 0 Å². The van der Waals surface area contributed by atoms with Gasteiger partial charge in [0.2, 0.25) is 0 Å². The van der Waals surface area contributed by atoms with Crippen molar-refractivity contribution >= 4 is 0 Å². The average molecular weight is 309 g/mol. The van der Waals surface area contributed by atoms with Crippen molar-refractivity contribution in [3.63, 3.8) is 0 Å². The molecule has 0 bridgehead atoms. The average Bonchev–Trinajstić information content (AvgIpc) is 2.79. The molecule has 0 aromatic rings. The molecule has 0 aliphatic heterocycles. The molecular weight excluding hydrogens is 276 g/mol. The molecule has 0 aromatic heterocycles. The van der Waals surface area contributed by atoms with Gasteiger partial charge in [-0.05, 0) is 86.4 Å². The van der Waals surface area contributed by atoms with Crippen LogP contribution in [0.4, 0.5) is 0 Å². The van der Waals surface area contributed by atoms with Gasteiger partial charge in [0.15, 0.2) is 0 Å². The van der Waals surface area contributed by atoms with Crippen molar-refractivity contribution in [2.24, 2.45) is 34.5 Å². The quantitative estimate of drug-likeness (QED) is 0.471. The zero-order valence-corrected chi connectivity index (χ0v) is 15.0. The van der Waals surface area contributed by atoms with E-state index < -0.39 is 0 Å². The molecule has 124 valence electrons. The fourth-order valence-electron chi connectivity index (χ4n) is 7.13. The van der Waals surface area contributed by atoms with Gasteiger partial charge in [-0.1, -0.05) is 37.6 Å². The molecule has 4 aliphatic rings. The lowest BCUT2D eigenvalue weighted by atomic mass is 9.51. The van der Waals surface area contributed by atoms with Gasteiger partial charge in [-0.2, -0.15) is 0 Å². The number of terminal acetylenes is 1. The van der Waals surface area contributed by atoms with Crippen LogP contribution < -0.4 is 0 Å². The maximum Gasteiger partial charge on any atom is 0.0256 e. The minimum Gasteiger partial charge on any atom is -0.120 e. The molecule has 0 spiro atoms. The largest absolute Gasteiger partial charge is 0.120 e. The Kier molecular flexibility index (Phi) is 3.57. The van der Waals surface area contributed by atoms with E-state index >= 15 is 0 Å². The van der Waals surface area contributed by atoms with Crippen LogP contribution in [0.25, 0.3) is 0 Å². The smallest absolute Gasteiger partial charge is 0.0256 e. The van der Waals surface area contributed by atoms with Crippen LogP contribution in [0.3, 0.4) is 0 Å². The van der Waals surface area contributed by atoms with Crippen molar-refractivity contribution < 1.29 is 0 Å². The lowest BCUT2D eigenvalue weighted by Crippen LogP contribution is -2.46. The topological polar surface area (TPSA) is 0 Å². The third-order valence-corrected chi connectivity index (χ3v) is 8.52. The van der Waals surface area contributed by atoms with Crippen LogP contribution in [0.5, 0.6) is 0 Å². The highest BCUT2D eigenvalue weighted by molar-refractivity contribution is 5.32. The Morgan fingerprint density at radius 1 is 1.09 bits per heavy atom. The van der Waals surface area contributed by atoms with Gasteiger partial charge in [-0.15, -0.1) is 12.3 Å². The van der Waals surface area contributed by atoms with Crippen molar-refractivity contribution in [1.82, 2.24) is 0 Å². The molecule has 0 amide bonds. The second-order valence-electron chi connectivity index (χ2n) is 9.36. The molecule has 4 rings (SSSR count). The zero-order valence-electron chi connectivity index (χ0n) is 15.0. The minimum absolute atomic E-state index is 0.429. The molecule has 3 fully saturated rings. The third-order valence-electron chi connectivity index (χ3n) is 8.52. The summed E-state index contributed by atoms with van der Waals surface area (Å²) in [7, 11) is 0. The summed E-state index contributed by atoms with van der Waals surface area (Å²) < 4.78 is 0. The van der Waals surface area contributed by atoms with E-state index in [4.69, 9.17) is 6.42 Å². The van der Waals surface area contributed by atoms with Crippen LogP contribution in [0.15, 0.2) is 23.8 Å². The van der Waals surface area contributed by atoms with E-state index in [-0.39, 0.29) is 0 Å². The first-order valence-electron chi connectivity index (χ1n) is 9.84. The first kappa shape index (κ1) is 15.6.